The molecule has 5 nitrogen and oxygen atoms in total. The van der Waals surface area contributed by atoms with Gasteiger partial charge in [-0.15, -0.1) is 0 Å². The van der Waals surface area contributed by atoms with Crippen molar-refractivity contribution in [3.8, 4) is 0 Å². The molecule has 0 aromatic carbocycles. The minimum atomic E-state index is 0.184. The van der Waals surface area contributed by atoms with Gasteiger partial charge < -0.3 is 10.1 Å². The Morgan fingerprint density at radius 2 is 2.21 bits per heavy atom. The molecule has 1 aromatic rings. The number of morpholine rings is 1. The van der Waals surface area contributed by atoms with E-state index < -0.39 is 0 Å². The van der Waals surface area contributed by atoms with Crippen molar-refractivity contribution >= 4 is 0 Å². The molecule has 0 aliphatic carbocycles. The third-order valence-electron chi connectivity index (χ3n) is 3.92. The maximum atomic E-state index is 5.99. The maximum absolute atomic E-state index is 5.99. The molecule has 5 heteroatoms. The van der Waals surface area contributed by atoms with Gasteiger partial charge in [-0.25, -0.2) is 0 Å². The van der Waals surface area contributed by atoms with Crippen molar-refractivity contribution in [3.63, 3.8) is 0 Å². The molecule has 1 fully saturated rings. The van der Waals surface area contributed by atoms with Gasteiger partial charge in [-0.1, -0.05) is 13.8 Å². The van der Waals surface area contributed by atoms with Crippen LogP contribution in [-0.2, 0) is 11.8 Å². The van der Waals surface area contributed by atoms with Crippen LogP contribution in [0.25, 0.3) is 0 Å². The average molecular weight is 266 g/mol. The van der Waals surface area contributed by atoms with Crippen molar-refractivity contribution in [2.24, 2.45) is 7.05 Å². The predicted molar refractivity (Wildman–Crippen MR) is 76.2 cm³/mol. The van der Waals surface area contributed by atoms with Gasteiger partial charge in [0.1, 0.15) is 0 Å². The lowest BCUT2D eigenvalue weighted by Gasteiger charge is -2.39. The summed E-state index contributed by atoms with van der Waals surface area (Å²) < 4.78 is 7.92. The second-order valence-electron chi connectivity index (χ2n) is 5.71. The summed E-state index contributed by atoms with van der Waals surface area (Å²) in [4.78, 5) is 2.38. The molecule has 0 spiro atoms. The molecule has 108 valence electrons. The second-order valence-corrected chi connectivity index (χ2v) is 5.71. The standard InChI is InChI=1S/C14H26N4O/c1-10(2)15-9-13-14(17(4)6-7-19-13)12-8-16-18(5)11(12)3/h8,10,13-15H,6-7,9H2,1-5H3. The van der Waals surface area contributed by atoms with Gasteiger partial charge in [-0.05, 0) is 14.0 Å². The Hall–Kier alpha value is -0.910. The SMILES string of the molecule is Cc1c(C2C(CNC(C)C)OCCN2C)cnn1C. The van der Waals surface area contributed by atoms with Crippen LogP contribution < -0.4 is 5.32 Å². The smallest absolute Gasteiger partial charge is 0.0897 e. The van der Waals surface area contributed by atoms with Crippen LogP contribution in [0.1, 0.15) is 31.1 Å². The first kappa shape index (κ1) is 14.5. The van der Waals surface area contributed by atoms with E-state index in [4.69, 9.17) is 4.74 Å². The molecule has 0 bridgehead atoms. The van der Waals surface area contributed by atoms with E-state index in [1.165, 1.54) is 11.3 Å². The highest BCUT2D eigenvalue weighted by Gasteiger charge is 2.33. The summed E-state index contributed by atoms with van der Waals surface area (Å²) in [6, 6.07) is 0.764. The summed E-state index contributed by atoms with van der Waals surface area (Å²) in [5, 5.41) is 7.85. The summed E-state index contributed by atoms with van der Waals surface area (Å²) in [5.41, 5.74) is 2.50. The van der Waals surface area contributed by atoms with Gasteiger partial charge in [0.25, 0.3) is 0 Å². The van der Waals surface area contributed by atoms with Gasteiger partial charge in [-0.2, -0.15) is 5.10 Å². The van der Waals surface area contributed by atoms with Crippen LogP contribution in [0.2, 0.25) is 0 Å². The Balaban J connectivity index is 2.18. The van der Waals surface area contributed by atoms with Gasteiger partial charge in [0.05, 0.1) is 24.9 Å². The Kier molecular flexibility index (Phi) is 4.60. The number of nitrogens with zero attached hydrogens (tertiary/aromatic N) is 3. The zero-order valence-corrected chi connectivity index (χ0v) is 12.7. The molecule has 1 N–H and O–H groups in total. The highest BCUT2D eigenvalue weighted by atomic mass is 16.5. The molecular formula is C14H26N4O. The van der Waals surface area contributed by atoms with Crippen LogP contribution in [-0.4, -0.2) is 53.6 Å². The van der Waals surface area contributed by atoms with E-state index in [0.717, 1.165) is 19.7 Å². The summed E-state index contributed by atoms with van der Waals surface area (Å²) in [5.74, 6) is 0. The molecule has 0 amide bonds. The van der Waals surface area contributed by atoms with Crippen molar-refractivity contribution in [1.29, 1.82) is 0 Å². The van der Waals surface area contributed by atoms with Crippen molar-refractivity contribution in [2.45, 2.75) is 39.0 Å². The average Bonchev–Trinajstić information content (AvgIpc) is 2.68. The van der Waals surface area contributed by atoms with E-state index in [-0.39, 0.29) is 12.1 Å². The fourth-order valence-electron chi connectivity index (χ4n) is 2.63. The van der Waals surface area contributed by atoms with Crippen LogP contribution in [0.4, 0.5) is 0 Å². The Morgan fingerprint density at radius 3 is 2.79 bits per heavy atom. The van der Waals surface area contributed by atoms with E-state index in [9.17, 15) is 0 Å². The second kappa shape index (κ2) is 6.03. The number of rotatable bonds is 4. The third kappa shape index (κ3) is 3.16. The van der Waals surface area contributed by atoms with Crippen LogP contribution in [0, 0.1) is 6.92 Å². The summed E-state index contributed by atoms with van der Waals surface area (Å²) in [7, 11) is 4.16. The van der Waals surface area contributed by atoms with Gasteiger partial charge >= 0.3 is 0 Å². The summed E-state index contributed by atoms with van der Waals surface area (Å²) in [6.07, 6.45) is 2.16. The Labute approximate surface area is 115 Å². The van der Waals surface area contributed by atoms with Crippen LogP contribution in [0.5, 0.6) is 0 Å². The number of likely N-dealkylation sites (N-methyl/N-ethyl adjacent to an activating group) is 1. The third-order valence-corrected chi connectivity index (χ3v) is 3.92. The normalized spacial score (nSPS) is 25.2. The zero-order chi connectivity index (χ0) is 14.0. The van der Waals surface area contributed by atoms with Crippen molar-refractivity contribution in [2.75, 3.05) is 26.7 Å². The highest BCUT2D eigenvalue weighted by molar-refractivity contribution is 5.22. The van der Waals surface area contributed by atoms with Crippen molar-refractivity contribution in [3.05, 3.63) is 17.5 Å². The number of nitrogens with one attached hydrogen (secondary N) is 1. The fraction of sp³-hybridized carbons (Fsp3) is 0.786. The molecule has 1 aromatic heterocycles. The lowest BCUT2D eigenvalue weighted by atomic mass is 9.99. The Bertz CT molecular complexity index is 416. The Morgan fingerprint density at radius 1 is 1.47 bits per heavy atom. The topological polar surface area (TPSA) is 42.3 Å². The fourth-order valence-corrected chi connectivity index (χ4v) is 2.63. The minimum absolute atomic E-state index is 0.184. The number of hydrogen-bond acceptors (Lipinski definition) is 4. The molecule has 1 aliphatic rings. The molecule has 0 saturated carbocycles. The lowest BCUT2D eigenvalue weighted by molar-refractivity contribution is -0.0622. The van der Waals surface area contributed by atoms with Crippen molar-refractivity contribution < 1.29 is 4.74 Å². The van der Waals surface area contributed by atoms with E-state index in [1.807, 2.05) is 17.9 Å². The number of aryl methyl sites for hydroxylation is 1. The molecule has 1 saturated heterocycles. The first-order chi connectivity index (χ1) is 9.00. The predicted octanol–water partition coefficient (Wildman–Crippen LogP) is 1.10. The van der Waals surface area contributed by atoms with Crippen LogP contribution in [0.15, 0.2) is 6.20 Å². The summed E-state index contributed by atoms with van der Waals surface area (Å²) in [6.45, 7) is 9.10. The first-order valence-corrected chi connectivity index (χ1v) is 7.04. The molecule has 19 heavy (non-hydrogen) atoms. The van der Waals surface area contributed by atoms with Gasteiger partial charge in [0, 0.05) is 37.4 Å². The zero-order valence-electron chi connectivity index (χ0n) is 12.7. The maximum Gasteiger partial charge on any atom is 0.0897 e. The van der Waals surface area contributed by atoms with E-state index in [1.54, 1.807) is 0 Å². The molecule has 1 aliphatic heterocycles. The quantitative estimate of drug-likeness (QED) is 0.886. The molecule has 2 atom stereocenters. The van der Waals surface area contributed by atoms with Gasteiger partial charge in [0.15, 0.2) is 0 Å². The molecular weight excluding hydrogens is 240 g/mol. The van der Waals surface area contributed by atoms with E-state index in [0.29, 0.717) is 6.04 Å². The van der Waals surface area contributed by atoms with E-state index in [2.05, 4.69) is 43.1 Å². The van der Waals surface area contributed by atoms with Crippen LogP contribution >= 0.6 is 0 Å². The molecule has 0 radical (unpaired) electrons. The van der Waals surface area contributed by atoms with Crippen LogP contribution in [0.3, 0.4) is 0 Å². The first-order valence-electron chi connectivity index (χ1n) is 7.04. The minimum Gasteiger partial charge on any atom is -0.374 e. The summed E-state index contributed by atoms with van der Waals surface area (Å²) >= 11 is 0. The lowest BCUT2D eigenvalue weighted by Crippen LogP contribution is -2.48. The monoisotopic (exact) mass is 266 g/mol. The van der Waals surface area contributed by atoms with Gasteiger partial charge in [0.2, 0.25) is 0 Å². The van der Waals surface area contributed by atoms with E-state index >= 15 is 0 Å². The molecule has 2 unspecified atom stereocenters. The molecule has 2 heterocycles. The highest BCUT2D eigenvalue weighted by Crippen LogP contribution is 2.29. The van der Waals surface area contributed by atoms with Crippen molar-refractivity contribution in [1.82, 2.24) is 20.0 Å². The number of ether oxygens (including phenoxy) is 1. The number of hydrogen-bond donors (Lipinski definition) is 1. The largest absolute Gasteiger partial charge is 0.374 e. The molecule has 2 rings (SSSR count). The van der Waals surface area contributed by atoms with Gasteiger partial charge in [-0.3, -0.25) is 9.58 Å². The number of aromatic nitrogens is 2.